The van der Waals surface area contributed by atoms with E-state index in [2.05, 4.69) is 80.0 Å². The lowest BCUT2D eigenvalue weighted by Gasteiger charge is -2.37. The van der Waals surface area contributed by atoms with Crippen LogP contribution in [0.25, 0.3) is 0 Å². The van der Waals surface area contributed by atoms with E-state index in [-0.39, 0.29) is 5.41 Å². The number of hydrogen-bond acceptors (Lipinski definition) is 1. The first-order valence-corrected chi connectivity index (χ1v) is 10.4. The molecule has 0 bridgehead atoms. The first-order chi connectivity index (χ1) is 13.1. The minimum Gasteiger partial charge on any atom is -0.342 e. The van der Waals surface area contributed by atoms with Crippen molar-refractivity contribution in [2.45, 2.75) is 33.1 Å². The highest BCUT2D eigenvalue weighted by molar-refractivity contribution is 5.62. The van der Waals surface area contributed by atoms with Gasteiger partial charge < -0.3 is 4.90 Å². The van der Waals surface area contributed by atoms with Crippen LogP contribution in [0.2, 0.25) is 0 Å². The molecular formula is C26H29N. The lowest BCUT2D eigenvalue weighted by molar-refractivity contribution is 0.216. The second-order valence-corrected chi connectivity index (χ2v) is 9.08. The van der Waals surface area contributed by atoms with Crippen LogP contribution in [0.4, 0.5) is 5.69 Å². The van der Waals surface area contributed by atoms with Crippen molar-refractivity contribution in [3.63, 3.8) is 0 Å². The van der Waals surface area contributed by atoms with Crippen LogP contribution in [0.15, 0.2) is 84.1 Å². The third-order valence-electron chi connectivity index (χ3n) is 7.37. The van der Waals surface area contributed by atoms with Crippen LogP contribution in [0.1, 0.15) is 32.3 Å². The topological polar surface area (TPSA) is 3.24 Å². The van der Waals surface area contributed by atoms with E-state index in [4.69, 9.17) is 0 Å². The first-order valence-electron chi connectivity index (χ1n) is 10.4. The third kappa shape index (κ3) is 2.51. The number of benzene rings is 1. The SMILES string of the molecule is C=CC1=CC=C2C3C=CC(N4CCCc5ccccc54)=CC3C(C)(C)C2C1. The molecule has 0 radical (unpaired) electrons. The Morgan fingerprint density at radius 3 is 2.89 bits per heavy atom. The van der Waals surface area contributed by atoms with E-state index in [9.17, 15) is 0 Å². The first kappa shape index (κ1) is 16.9. The molecule has 0 amide bonds. The number of rotatable bonds is 2. The highest BCUT2D eigenvalue weighted by atomic mass is 15.1. The van der Waals surface area contributed by atoms with Crippen LogP contribution in [0.3, 0.4) is 0 Å². The predicted molar refractivity (Wildman–Crippen MR) is 115 cm³/mol. The van der Waals surface area contributed by atoms with Gasteiger partial charge in [0.25, 0.3) is 0 Å². The van der Waals surface area contributed by atoms with Crippen LogP contribution < -0.4 is 4.90 Å². The van der Waals surface area contributed by atoms with Crippen molar-refractivity contribution < 1.29 is 0 Å². The van der Waals surface area contributed by atoms with Gasteiger partial charge in [0.15, 0.2) is 0 Å². The summed E-state index contributed by atoms with van der Waals surface area (Å²) < 4.78 is 0. The number of allylic oxidation sites excluding steroid dienone is 8. The second-order valence-electron chi connectivity index (χ2n) is 9.08. The van der Waals surface area contributed by atoms with E-state index in [1.165, 1.54) is 35.4 Å². The normalized spacial score (nSPS) is 30.5. The Morgan fingerprint density at radius 2 is 2.04 bits per heavy atom. The average molecular weight is 356 g/mol. The van der Waals surface area contributed by atoms with E-state index in [1.54, 1.807) is 5.57 Å². The fraction of sp³-hybridized carbons (Fsp3) is 0.385. The zero-order valence-corrected chi connectivity index (χ0v) is 16.5. The Labute approximate surface area is 163 Å². The Morgan fingerprint density at radius 1 is 1.19 bits per heavy atom. The van der Waals surface area contributed by atoms with E-state index >= 15 is 0 Å². The molecular weight excluding hydrogens is 326 g/mol. The van der Waals surface area contributed by atoms with Gasteiger partial charge in [0, 0.05) is 23.8 Å². The fourth-order valence-electron chi connectivity index (χ4n) is 5.80. The van der Waals surface area contributed by atoms with E-state index in [0.717, 1.165) is 13.0 Å². The van der Waals surface area contributed by atoms with Gasteiger partial charge in [-0.25, -0.2) is 0 Å². The van der Waals surface area contributed by atoms with Gasteiger partial charge in [-0.05, 0) is 59.8 Å². The maximum atomic E-state index is 4.00. The van der Waals surface area contributed by atoms with E-state index < -0.39 is 0 Å². The van der Waals surface area contributed by atoms with Crippen LogP contribution in [-0.4, -0.2) is 6.54 Å². The molecule has 1 saturated carbocycles. The molecule has 1 fully saturated rings. The lowest BCUT2D eigenvalue weighted by Crippen LogP contribution is -2.32. The Kier molecular flexibility index (Phi) is 3.82. The summed E-state index contributed by atoms with van der Waals surface area (Å²) in [5.41, 5.74) is 7.57. The molecule has 1 aliphatic heterocycles. The molecule has 0 N–H and O–H groups in total. The molecule has 3 aliphatic carbocycles. The Balaban J connectivity index is 1.52. The fourth-order valence-corrected chi connectivity index (χ4v) is 5.80. The molecule has 1 nitrogen and oxygen atoms in total. The minimum absolute atomic E-state index is 0.268. The van der Waals surface area contributed by atoms with Gasteiger partial charge in [-0.1, -0.05) is 74.6 Å². The summed E-state index contributed by atoms with van der Waals surface area (Å²) in [6.45, 7) is 10.1. The summed E-state index contributed by atoms with van der Waals surface area (Å²) in [5.74, 6) is 1.75. The van der Waals surface area contributed by atoms with Crippen LogP contribution in [0.5, 0.6) is 0 Å². The molecule has 27 heavy (non-hydrogen) atoms. The van der Waals surface area contributed by atoms with Gasteiger partial charge in [-0.2, -0.15) is 0 Å². The molecule has 4 aliphatic rings. The molecule has 1 aromatic rings. The molecule has 3 unspecified atom stereocenters. The standard InChI is InChI=1S/C26H29N/c1-4-18-11-13-21-22-14-12-20(17-24(22)26(2,3)23(21)16-18)27-15-7-9-19-8-5-6-10-25(19)27/h4-6,8,10-14,17,22-24H,1,7,9,15-16H2,2-3H3. The van der Waals surface area contributed by atoms with Crippen LogP contribution in [0, 0.1) is 23.2 Å². The minimum atomic E-state index is 0.268. The number of nitrogens with zero attached hydrogens (tertiary/aromatic N) is 1. The Hall–Kier alpha value is -2.28. The predicted octanol–water partition coefficient (Wildman–Crippen LogP) is 6.22. The number of hydrogen-bond donors (Lipinski definition) is 0. The lowest BCUT2D eigenvalue weighted by atomic mass is 9.70. The van der Waals surface area contributed by atoms with Crippen molar-refractivity contribution in [1.29, 1.82) is 0 Å². The maximum Gasteiger partial charge on any atom is 0.0443 e. The van der Waals surface area contributed by atoms with Crippen molar-refractivity contribution in [2.24, 2.45) is 23.2 Å². The highest BCUT2D eigenvalue weighted by Gasteiger charge is 2.51. The molecule has 0 saturated heterocycles. The average Bonchev–Trinajstić information content (AvgIpc) is 2.94. The molecule has 1 heteroatoms. The van der Waals surface area contributed by atoms with Crippen molar-refractivity contribution in [2.75, 3.05) is 11.4 Å². The van der Waals surface area contributed by atoms with Gasteiger partial charge in [-0.15, -0.1) is 0 Å². The largest absolute Gasteiger partial charge is 0.342 e. The van der Waals surface area contributed by atoms with Crippen molar-refractivity contribution in [3.05, 3.63) is 89.7 Å². The van der Waals surface area contributed by atoms with Crippen molar-refractivity contribution in [1.82, 2.24) is 0 Å². The molecule has 0 aromatic heterocycles. The van der Waals surface area contributed by atoms with Gasteiger partial charge in [-0.3, -0.25) is 0 Å². The number of para-hydroxylation sites is 1. The molecule has 1 aromatic carbocycles. The number of anilines is 1. The molecule has 1 heterocycles. The summed E-state index contributed by atoms with van der Waals surface area (Å²) in [6, 6.07) is 8.93. The molecule has 5 rings (SSSR count). The second kappa shape index (κ2) is 6.12. The summed E-state index contributed by atoms with van der Waals surface area (Å²) in [7, 11) is 0. The summed E-state index contributed by atoms with van der Waals surface area (Å²) in [6.07, 6.45) is 17.7. The van der Waals surface area contributed by atoms with E-state index in [0.29, 0.717) is 17.8 Å². The number of fused-ring (bicyclic) bond motifs is 4. The smallest absolute Gasteiger partial charge is 0.0443 e. The van der Waals surface area contributed by atoms with E-state index in [1.807, 2.05) is 6.08 Å². The van der Waals surface area contributed by atoms with Crippen molar-refractivity contribution >= 4 is 5.69 Å². The molecule has 0 spiro atoms. The summed E-state index contributed by atoms with van der Waals surface area (Å²) >= 11 is 0. The third-order valence-corrected chi connectivity index (χ3v) is 7.37. The number of aryl methyl sites for hydroxylation is 1. The zero-order valence-electron chi connectivity index (χ0n) is 16.5. The van der Waals surface area contributed by atoms with Gasteiger partial charge in [0.05, 0.1) is 0 Å². The molecule has 3 atom stereocenters. The van der Waals surface area contributed by atoms with Gasteiger partial charge >= 0.3 is 0 Å². The monoisotopic (exact) mass is 355 g/mol. The van der Waals surface area contributed by atoms with Crippen LogP contribution >= 0.6 is 0 Å². The zero-order chi connectivity index (χ0) is 18.6. The van der Waals surface area contributed by atoms with Crippen molar-refractivity contribution in [3.8, 4) is 0 Å². The molecule has 138 valence electrons. The summed E-state index contributed by atoms with van der Waals surface area (Å²) in [4.78, 5) is 2.55. The quantitative estimate of drug-likeness (QED) is 0.608. The maximum absolute atomic E-state index is 4.00. The van der Waals surface area contributed by atoms with Gasteiger partial charge in [0.1, 0.15) is 0 Å². The highest BCUT2D eigenvalue weighted by Crippen LogP contribution is 2.59. The van der Waals surface area contributed by atoms with Gasteiger partial charge in [0.2, 0.25) is 0 Å². The Bertz CT molecular complexity index is 908. The summed E-state index contributed by atoms with van der Waals surface area (Å²) in [5, 5.41) is 0. The van der Waals surface area contributed by atoms with Crippen LogP contribution in [-0.2, 0) is 6.42 Å².